The fourth-order valence-corrected chi connectivity index (χ4v) is 1.30. The molecule has 5 nitrogen and oxygen atoms in total. The fraction of sp³-hybridized carbons (Fsp3) is 0.500. The zero-order chi connectivity index (χ0) is 10.0. The molecule has 5 heteroatoms. The number of aliphatic carboxylic acids is 1. The van der Waals surface area contributed by atoms with Gasteiger partial charge in [0.1, 0.15) is 6.10 Å². The Morgan fingerprint density at radius 3 is 2.77 bits per heavy atom. The van der Waals surface area contributed by atoms with Crippen molar-refractivity contribution in [2.24, 2.45) is 7.05 Å². The second-order valence-electron chi connectivity index (χ2n) is 2.95. The Bertz CT molecular complexity index is 300. The second kappa shape index (κ2) is 3.57. The molecule has 0 unspecified atom stereocenters. The van der Waals surface area contributed by atoms with Gasteiger partial charge in [0, 0.05) is 7.05 Å². The van der Waals surface area contributed by atoms with Gasteiger partial charge < -0.3 is 10.2 Å². The molecule has 0 amide bonds. The van der Waals surface area contributed by atoms with E-state index < -0.39 is 12.1 Å². The Morgan fingerprint density at radius 1 is 1.77 bits per heavy atom. The third-order valence-electron chi connectivity index (χ3n) is 1.86. The van der Waals surface area contributed by atoms with Crippen LogP contribution < -0.4 is 0 Å². The maximum atomic E-state index is 10.3. The van der Waals surface area contributed by atoms with Crippen LogP contribution in [0.1, 0.15) is 23.8 Å². The van der Waals surface area contributed by atoms with Gasteiger partial charge in [0.25, 0.3) is 0 Å². The number of aromatic nitrogens is 2. The topological polar surface area (TPSA) is 75.3 Å². The van der Waals surface area contributed by atoms with E-state index in [1.165, 1.54) is 4.68 Å². The standard InChI is InChI=1S/C8H12N2O3/c1-5-4-9-10(2)8(5)6(11)3-7(12)13/h4,6,11H,3H2,1-2H3,(H,12,13)/t6-/m0/s1. The summed E-state index contributed by atoms with van der Waals surface area (Å²) in [6.07, 6.45) is 0.325. The highest BCUT2D eigenvalue weighted by Crippen LogP contribution is 2.19. The maximum Gasteiger partial charge on any atom is 0.306 e. The van der Waals surface area contributed by atoms with Gasteiger partial charge in [-0.1, -0.05) is 0 Å². The number of hydrogen-bond acceptors (Lipinski definition) is 3. The van der Waals surface area contributed by atoms with Crippen molar-refractivity contribution in [3.63, 3.8) is 0 Å². The lowest BCUT2D eigenvalue weighted by Crippen LogP contribution is -2.10. The Balaban J connectivity index is 2.87. The van der Waals surface area contributed by atoms with Gasteiger partial charge in [-0.15, -0.1) is 0 Å². The predicted molar refractivity (Wildman–Crippen MR) is 45.2 cm³/mol. The molecule has 2 N–H and O–H groups in total. The van der Waals surface area contributed by atoms with E-state index in [2.05, 4.69) is 5.10 Å². The minimum Gasteiger partial charge on any atom is -0.481 e. The number of aliphatic hydroxyl groups excluding tert-OH is 1. The largest absolute Gasteiger partial charge is 0.481 e. The predicted octanol–water partition coefficient (Wildman–Crippen LogP) is 0.237. The highest BCUT2D eigenvalue weighted by Gasteiger charge is 2.17. The van der Waals surface area contributed by atoms with Gasteiger partial charge in [-0.3, -0.25) is 9.48 Å². The lowest BCUT2D eigenvalue weighted by molar-refractivity contribution is -0.139. The van der Waals surface area contributed by atoms with E-state index in [0.29, 0.717) is 5.69 Å². The molecular formula is C8H12N2O3. The molecular weight excluding hydrogens is 172 g/mol. The SMILES string of the molecule is Cc1cnn(C)c1[C@@H](O)CC(=O)O. The summed E-state index contributed by atoms with van der Waals surface area (Å²) in [6.45, 7) is 1.79. The van der Waals surface area contributed by atoms with Crippen LogP contribution in [0.5, 0.6) is 0 Å². The van der Waals surface area contributed by atoms with Crippen molar-refractivity contribution < 1.29 is 15.0 Å². The molecule has 1 heterocycles. The van der Waals surface area contributed by atoms with Crippen molar-refractivity contribution in [1.82, 2.24) is 9.78 Å². The van der Waals surface area contributed by atoms with E-state index in [4.69, 9.17) is 5.11 Å². The van der Waals surface area contributed by atoms with Crippen molar-refractivity contribution in [1.29, 1.82) is 0 Å². The molecule has 0 bridgehead atoms. The maximum absolute atomic E-state index is 10.3. The van der Waals surface area contributed by atoms with Gasteiger partial charge in [-0.25, -0.2) is 0 Å². The summed E-state index contributed by atoms with van der Waals surface area (Å²) < 4.78 is 1.49. The molecule has 0 spiro atoms. The van der Waals surface area contributed by atoms with Gasteiger partial charge in [0.2, 0.25) is 0 Å². The molecule has 0 saturated heterocycles. The molecule has 0 aromatic carbocycles. The van der Waals surface area contributed by atoms with E-state index in [1.54, 1.807) is 20.2 Å². The Morgan fingerprint density at radius 2 is 2.38 bits per heavy atom. The van der Waals surface area contributed by atoms with E-state index >= 15 is 0 Å². The van der Waals surface area contributed by atoms with Crippen LogP contribution in [0.3, 0.4) is 0 Å². The molecule has 0 aliphatic rings. The number of carboxylic acids is 1. The van der Waals surface area contributed by atoms with Crippen molar-refractivity contribution in [3.05, 3.63) is 17.5 Å². The summed E-state index contributed by atoms with van der Waals surface area (Å²) in [6, 6.07) is 0. The van der Waals surface area contributed by atoms with Gasteiger partial charge >= 0.3 is 5.97 Å². The van der Waals surface area contributed by atoms with Crippen LogP contribution in [0.25, 0.3) is 0 Å². The van der Waals surface area contributed by atoms with Crippen molar-refractivity contribution in [3.8, 4) is 0 Å². The van der Waals surface area contributed by atoms with Crippen molar-refractivity contribution >= 4 is 5.97 Å². The number of aliphatic hydroxyl groups is 1. The molecule has 1 aromatic rings. The van der Waals surface area contributed by atoms with Gasteiger partial charge in [-0.05, 0) is 12.5 Å². The van der Waals surface area contributed by atoms with Crippen LogP contribution in [-0.4, -0.2) is 26.0 Å². The van der Waals surface area contributed by atoms with Crippen LogP contribution in [0.4, 0.5) is 0 Å². The average molecular weight is 184 g/mol. The van der Waals surface area contributed by atoms with E-state index in [1.807, 2.05) is 0 Å². The number of aryl methyl sites for hydroxylation is 2. The van der Waals surface area contributed by atoms with Crippen LogP contribution in [0.15, 0.2) is 6.20 Å². The minimum absolute atomic E-state index is 0.291. The first-order valence-corrected chi connectivity index (χ1v) is 3.90. The third-order valence-corrected chi connectivity index (χ3v) is 1.86. The van der Waals surface area contributed by atoms with E-state index in [-0.39, 0.29) is 6.42 Å². The first kappa shape index (κ1) is 9.73. The minimum atomic E-state index is -1.02. The van der Waals surface area contributed by atoms with Crippen molar-refractivity contribution in [2.75, 3.05) is 0 Å². The first-order chi connectivity index (χ1) is 6.02. The number of rotatable bonds is 3. The summed E-state index contributed by atoms with van der Waals surface area (Å²) in [5.41, 5.74) is 1.36. The molecule has 0 fully saturated rings. The van der Waals surface area contributed by atoms with Crippen LogP contribution in [-0.2, 0) is 11.8 Å². The lowest BCUT2D eigenvalue weighted by atomic mass is 10.1. The van der Waals surface area contributed by atoms with Gasteiger partial charge in [0.05, 0.1) is 18.3 Å². The monoisotopic (exact) mass is 184 g/mol. The normalized spacial score (nSPS) is 12.8. The van der Waals surface area contributed by atoms with Crippen LogP contribution in [0, 0.1) is 6.92 Å². The summed E-state index contributed by atoms with van der Waals surface area (Å²) in [5, 5.41) is 21.9. The zero-order valence-corrected chi connectivity index (χ0v) is 7.56. The summed E-state index contributed by atoms with van der Waals surface area (Å²) in [5.74, 6) is -1.02. The molecule has 1 atom stereocenters. The molecule has 0 radical (unpaired) electrons. The molecule has 0 aliphatic carbocycles. The third kappa shape index (κ3) is 2.06. The number of nitrogens with zero attached hydrogens (tertiary/aromatic N) is 2. The average Bonchev–Trinajstić information content (AvgIpc) is 2.29. The smallest absolute Gasteiger partial charge is 0.306 e. The fourth-order valence-electron chi connectivity index (χ4n) is 1.30. The first-order valence-electron chi connectivity index (χ1n) is 3.90. The van der Waals surface area contributed by atoms with E-state index in [9.17, 15) is 9.90 Å². The number of hydrogen-bond donors (Lipinski definition) is 2. The summed E-state index contributed by atoms with van der Waals surface area (Å²) in [7, 11) is 1.67. The molecule has 1 aromatic heterocycles. The highest BCUT2D eigenvalue weighted by molar-refractivity contribution is 5.67. The summed E-state index contributed by atoms with van der Waals surface area (Å²) >= 11 is 0. The van der Waals surface area contributed by atoms with Gasteiger partial charge in [-0.2, -0.15) is 5.10 Å². The second-order valence-corrected chi connectivity index (χ2v) is 2.95. The zero-order valence-electron chi connectivity index (χ0n) is 7.56. The lowest BCUT2D eigenvalue weighted by Gasteiger charge is -2.09. The van der Waals surface area contributed by atoms with Crippen LogP contribution in [0.2, 0.25) is 0 Å². The molecule has 0 aliphatic heterocycles. The van der Waals surface area contributed by atoms with Crippen molar-refractivity contribution in [2.45, 2.75) is 19.4 Å². The molecule has 0 saturated carbocycles. The molecule has 1 rings (SSSR count). The Labute approximate surface area is 75.6 Å². The quantitative estimate of drug-likeness (QED) is 0.705. The van der Waals surface area contributed by atoms with E-state index in [0.717, 1.165) is 5.56 Å². The van der Waals surface area contributed by atoms with Crippen LogP contribution >= 0.6 is 0 Å². The highest BCUT2D eigenvalue weighted by atomic mass is 16.4. The summed E-state index contributed by atoms with van der Waals surface area (Å²) in [4.78, 5) is 10.3. The Kier molecular flexibility index (Phi) is 2.67. The van der Waals surface area contributed by atoms with Gasteiger partial charge in [0.15, 0.2) is 0 Å². The number of carboxylic acid groups (broad SMARTS) is 1. The molecule has 13 heavy (non-hydrogen) atoms. The molecule has 72 valence electrons. The number of carbonyl (C=O) groups is 1. The Hall–Kier alpha value is -1.36.